The highest BCUT2D eigenvalue weighted by molar-refractivity contribution is 5.87. The van der Waals surface area contributed by atoms with Crippen LogP contribution in [0.25, 0.3) is 0 Å². The van der Waals surface area contributed by atoms with Crippen LogP contribution in [0.4, 0.5) is 13.2 Å². The van der Waals surface area contributed by atoms with Crippen LogP contribution < -0.4 is 0 Å². The molecule has 1 aromatic rings. The van der Waals surface area contributed by atoms with E-state index in [4.69, 9.17) is 5.11 Å². The first-order valence-electron chi connectivity index (χ1n) is 5.82. The van der Waals surface area contributed by atoms with Gasteiger partial charge in [-0.1, -0.05) is 12.1 Å². The molecule has 0 bridgehead atoms. The summed E-state index contributed by atoms with van der Waals surface area (Å²) in [6.45, 7) is 0.136. The SMILES string of the molecule is CN(Cc1ccc(C(=O)O)cc1)C(=O)CCC(F)(F)F. The van der Waals surface area contributed by atoms with E-state index in [-0.39, 0.29) is 12.1 Å². The number of carboxylic acid groups (broad SMARTS) is 1. The normalized spacial score (nSPS) is 11.2. The fourth-order valence-corrected chi connectivity index (χ4v) is 1.55. The molecule has 0 spiro atoms. The van der Waals surface area contributed by atoms with Crippen molar-refractivity contribution in [1.29, 1.82) is 0 Å². The predicted molar refractivity (Wildman–Crippen MR) is 65.2 cm³/mol. The maximum Gasteiger partial charge on any atom is 0.389 e. The number of hydrogen-bond donors (Lipinski definition) is 1. The highest BCUT2D eigenvalue weighted by atomic mass is 19.4. The van der Waals surface area contributed by atoms with Gasteiger partial charge in [0, 0.05) is 20.0 Å². The van der Waals surface area contributed by atoms with E-state index in [1.165, 1.54) is 36.2 Å². The summed E-state index contributed by atoms with van der Waals surface area (Å²) < 4.78 is 36.0. The maximum atomic E-state index is 12.0. The summed E-state index contributed by atoms with van der Waals surface area (Å²) in [6.07, 6.45) is -6.08. The Labute approximate surface area is 113 Å². The lowest BCUT2D eigenvalue weighted by Gasteiger charge is -2.17. The van der Waals surface area contributed by atoms with Gasteiger partial charge in [-0.15, -0.1) is 0 Å². The van der Waals surface area contributed by atoms with Gasteiger partial charge in [0.2, 0.25) is 5.91 Å². The number of aromatic carboxylic acids is 1. The predicted octanol–water partition coefficient (Wildman–Crippen LogP) is 2.69. The summed E-state index contributed by atoms with van der Waals surface area (Å²) in [7, 11) is 1.41. The zero-order chi connectivity index (χ0) is 15.3. The van der Waals surface area contributed by atoms with Crippen molar-refractivity contribution in [3.63, 3.8) is 0 Å². The zero-order valence-electron chi connectivity index (χ0n) is 10.8. The number of carbonyl (C=O) groups is 2. The lowest BCUT2D eigenvalue weighted by Crippen LogP contribution is -2.27. The van der Waals surface area contributed by atoms with Gasteiger partial charge in [0.25, 0.3) is 0 Å². The molecule has 0 aliphatic heterocycles. The van der Waals surface area contributed by atoms with Crippen molar-refractivity contribution in [2.75, 3.05) is 7.05 Å². The third kappa shape index (κ3) is 5.29. The summed E-state index contributed by atoms with van der Waals surface area (Å²) in [5.74, 6) is -1.67. The number of nitrogens with zero attached hydrogens (tertiary/aromatic N) is 1. The Morgan fingerprint density at radius 1 is 1.20 bits per heavy atom. The van der Waals surface area contributed by atoms with Crippen LogP contribution in [0.3, 0.4) is 0 Å². The molecule has 0 aromatic heterocycles. The van der Waals surface area contributed by atoms with E-state index in [2.05, 4.69) is 0 Å². The molecule has 0 atom stereocenters. The minimum atomic E-state index is -4.35. The molecule has 110 valence electrons. The molecule has 0 radical (unpaired) electrons. The second-order valence-electron chi connectivity index (χ2n) is 4.37. The lowest BCUT2D eigenvalue weighted by atomic mass is 10.1. The minimum absolute atomic E-state index is 0.111. The van der Waals surface area contributed by atoms with E-state index in [1.54, 1.807) is 0 Å². The summed E-state index contributed by atoms with van der Waals surface area (Å²) in [5.41, 5.74) is 0.762. The molecule has 7 heteroatoms. The van der Waals surface area contributed by atoms with Gasteiger partial charge in [-0.2, -0.15) is 13.2 Å². The van der Waals surface area contributed by atoms with Gasteiger partial charge in [0.1, 0.15) is 0 Å². The van der Waals surface area contributed by atoms with E-state index in [9.17, 15) is 22.8 Å². The standard InChI is InChI=1S/C13H14F3NO3/c1-17(11(18)6-7-13(14,15)16)8-9-2-4-10(5-3-9)12(19)20/h2-5H,6-8H2,1H3,(H,19,20). The average Bonchev–Trinajstić information content (AvgIpc) is 2.35. The monoisotopic (exact) mass is 289 g/mol. The van der Waals surface area contributed by atoms with Crippen LogP contribution in [-0.4, -0.2) is 35.1 Å². The molecular formula is C13H14F3NO3. The Morgan fingerprint density at radius 2 is 1.75 bits per heavy atom. The van der Waals surface area contributed by atoms with Gasteiger partial charge in [0.05, 0.1) is 12.0 Å². The Kier molecular flexibility index (Phi) is 5.12. The van der Waals surface area contributed by atoms with Crippen LogP contribution >= 0.6 is 0 Å². The number of hydrogen-bond acceptors (Lipinski definition) is 2. The van der Waals surface area contributed by atoms with E-state index in [1.807, 2.05) is 0 Å². The summed E-state index contributed by atoms with van der Waals surface area (Å²) >= 11 is 0. The Hall–Kier alpha value is -2.05. The molecule has 0 saturated carbocycles. The van der Waals surface area contributed by atoms with Crippen molar-refractivity contribution in [2.24, 2.45) is 0 Å². The minimum Gasteiger partial charge on any atom is -0.478 e. The first-order valence-corrected chi connectivity index (χ1v) is 5.82. The molecule has 0 fully saturated rings. The molecule has 20 heavy (non-hydrogen) atoms. The van der Waals surface area contributed by atoms with Gasteiger partial charge in [-0.3, -0.25) is 4.79 Å². The number of alkyl halides is 3. The van der Waals surface area contributed by atoms with E-state index in [0.29, 0.717) is 5.56 Å². The van der Waals surface area contributed by atoms with Crippen LogP contribution in [0.2, 0.25) is 0 Å². The van der Waals surface area contributed by atoms with Crippen molar-refractivity contribution in [3.05, 3.63) is 35.4 Å². The van der Waals surface area contributed by atoms with Crippen LogP contribution in [0, 0.1) is 0 Å². The second kappa shape index (κ2) is 6.40. The largest absolute Gasteiger partial charge is 0.478 e. The average molecular weight is 289 g/mol. The van der Waals surface area contributed by atoms with Crippen LogP contribution in [0.15, 0.2) is 24.3 Å². The van der Waals surface area contributed by atoms with E-state index < -0.39 is 30.9 Å². The van der Waals surface area contributed by atoms with Crippen LogP contribution in [0.5, 0.6) is 0 Å². The van der Waals surface area contributed by atoms with Gasteiger partial charge in [0.15, 0.2) is 0 Å². The van der Waals surface area contributed by atoms with Crippen LogP contribution in [0.1, 0.15) is 28.8 Å². The van der Waals surface area contributed by atoms with Crippen LogP contribution in [-0.2, 0) is 11.3 Å². The summed E-state index contributed by atoms with van der Waals surface area (Å²) in [5, 5.41) is 8.72. The van der Waals surface area contributed by atoms with Crippen molar-refractivity contribution in [2.45, 2.75) is 25.6 Å². The number of amides is 1. The molecular weight excluding hydrogens is 275 g/mol. The summed E-state index contributed by atoms with van der Waals surface area (Å²) in [4.78, 5) is 23.3. The zero-order valence-corrected chi connectivity index (χ0v) is 10.8. The molecule has 1 N–H and O–H groups in total. The molecule has 0 saturated heterocycles. The smallest absolute Gasteiger partial charge is 0.389 e. The molecule has 1 amide bonds. The third-order valence-electron chi connectivity index (χ3n) is 2.67. The fourth-order valence-electron chi connectivity index (χ4n) is 1.55. The highest BCUT2D eigenvalue weighted by Crippen LogP contribution is 2.21. The lowest BCUT2D eigenvalue weighted by molar-refractivity contribution is -0.148. The molecule has 4 nitrogen and oxygen atoms in total. The number of benzene rings is 1. The first-order chi connectivity index (χ1) is 9.19. The molecule has 0 aliphatic rings. The molecule has 0 heterocycles. The van der Waals surface area contributed by atoms with E-state index >= 15 is 0 Å². The maximum absolute atomic E-state index is 12.0. The number of rotatable bonds is 5. The number of carbonyl (C=O) groups excluding carboxylic acids is 1. The quantitative estimate of drug-likeness (QED) is 0.906. The van der Waals surface area contributed by atoms with Crippen molar-refractivity contribution in [3.8, 4) is 0 Å². The number of halogens is 3. The highest BCUT2D eigenvalue weighted by Gasteiger charge is 2.28. The topological polar surface area (TPSA) is 57.6 Å². The molecule has 1 rings (SSSR count). The molecule has 1 aromatic carbocycles. The fraction of sp³-hybridized carbons (Fsp3) is 0.385. The van der Waals surface area contributed by atoms with Gasteiger partial charge < -0.3 is 10.0 Å². The Morgan fingerprint density at radius 3 is 2.20 bits per heavy atom. The Balaban J connectivity index is 2.55. The number of carboxylic acids is 1. The van der Waals surface area contributed by atoms with Crippen molar-refractivity contribution in [1.82, 2.24) is 4.90 Å². The molecule has 0 unspecified atom stereocenters. The van der Waals surface area contributed by atoms with Gasteiger partial charge in [-0.25, -0.2) is 4.79 Å². The first kappa shape index (κ1) is 16.0. The second-order valence-corrected chi connectivity index (χ2v) is 4.37. The van der Waals surface area contributed by atoms with Crippen molar-refractivity contribution >= 4 is 11.9 Å². The Bertz CT molecular complexity index is 483. The van der Waals surface area contributed by atoms with Gasteiger partial charge in [-0.05, 0) is 17.7 Å². The van der Waals surface area contributed by atoms with Gasteiger partial charge >= 0.3 is 12.1 Å². The molecule has 0 aliphatic carbocycles. The van der Waals surface area contributed by atoms with Crippen molar-refractivity contribution < 1.29 is 27.9 Å². The third-order valence-corrected chi connectivity index (χ3v) is 2.67. The van der Waals surface area contributed by atoms with E-state index in [0.717, 1.165) is 0 Å². The summed E-state index contributed by atoms with van der Waals surface area (Å²) in [6, 6.07) is 5.81.